The second-order valence-electron chi connectivity index (χ2n) is 4.53. The Hall–Kier alpha value is -1.23. The smallest absolute Gasteiger partial charge is 0.123 e. The monoisotopic (exact) mass is 322 g/mol. The molecular weight excluding hydrogens is 307 g/mol. The van der Waals surface area contributed by atoms with Gasteiger partial charge in [-0.25, -0.2) is 4.39 Å². The van der Waals surface area contributed by atoms with Gasteiger partial charge in [0.15, 0.2) is 0 Å². The summed E-state index contributed by atoms with van der Waals surface area (Å²) in [5, 5.41) is 0. The normalized spacial score (nSPS) is 12.4. The first-order valence-corrected chi connectivity index (χ1v) is 6.86. The Kier molecular flexibility index (Phi) is 4.69. The van der Waals surface area contributed by atoms with Gasteiger partial charge >= 0.3 is 0 Å². The Bertz CT molecular complexity index is 555. The van der Waals surface area contributed by atoms with Crippen molar-refractivity contribution in [2.45, 2.75) is 19.4 Å². The molecular formula is C15H16BrFN2. The van der Waals surface area contributed by atoms with Crippen LogP contribution in [0.3, 0.4) is 0 Å². The Morgan fingerprint density at radius 3 is 2.53 bits per heavy atom. The zero-order chi connectivity index (χ0) is 13.8. The number of hydrogen-bond acceptors (Lipinski definition) is 2. The molecule has 0 bridgehead atoms. The van der Waals surface area contributed by atoms with E-state index in [1.807, 2.05) is 25.1 Å². The first-order valence-electron chi connectivity index (χ1n) is 6.07. The van der Waals surface area contributed by atoms with Crippen molar-refractivity contribution in [2.24, 2.45) is 5.84 Å². The van der Waals surface area contributed by atoms with E-state index in [1.54, 1.807) is 12.1 Å². The van der Waals surface area contributed by atoms with Crippen LogP contribution in [0, 0.1) is 12.7 Å². The molecule has 0 heterocycles. The number of hydrogen-bond donors (Lipinski definition) is 2. The standard InChI is InChI=1S/C15H16BrFN2/c1-10-3-2-4-13(15(10)16)14(19-18)9-11-5-7-12(17)8-6-11/h2-8,14,19H,9,18H2,1H3. The molecule has 2 aromatic rings. The summed E-state index contributed by atoms with van der Waals surface area (Å²) in [5.74, 6) is 5.43. The molecule has 2 aromatic carbocycles. The molecule has 0 fully saturated rings. The zero-order valence-electron chi connectivity index (χ0n) is 10.7. The molecule has 1 atom stereocenters. The average Bonchev–Trinajstić information content (AvgIpc) is 2.42. The summed E-state index contributed by atoms with van der Waals surface area (Å²) in [6, 6.07) is 12.6. The third-order valence-electron chi connectivity index (χ3n) is 3.15. The van der Waals surface area contributed by atoms with Gasteiger partial charge in [-0.3, -0.25) is 11.3 Å². The summed E-state index contributed by atoms with van der Waals surface area (Å²) in [6.07, 6.45) is 0.707. The number of nitrogens with one attached hydrogen (secondary N) is 1. The van der Waals surface area contributed by atoms with Gasteiger partial charge in [-0.1, -0.05) is 46.3 Å². The van der Waals surface area contributed by atoms with Gasteiger partial charge in [0.25, 0.3) is 0 Å². The van der Waals surface area contributed by atoms with E-state index in [4.69, 9.17) is 5.84 Å². The van der Waals surface area contributed by atoms with E-state index in [9.17, 15) is 4.39 Å². The molecule has 0 radical (unpaired) electrons. The number of halogens is 2. The van der Waals surface area contributed by atoms with E-state index in [0.29, 0.717) is 6.42 Å². The summed E-state index contributed by atoms with van der Waals surface area (Å²) in [5.41, 5.74) is 6.13. The van der Waals surface area contributed by atoms with Crippen molar-refractivity contribution in [3.63, 3.8) is 0 Å². The minimum absolute atomic E-state index is 0.0141. The van der Waals surface area contributed by atoms with Crippen molar-refractivity contribution >= 4 is 15.9 Å². The van der Waals surface area contributed by atoms with Crippen molar-refractivity contribution < 1.29 is 4.39 Å². The van der Waals surface area contributed by atoms with Crippen LogP contribution in [0.5, 0.6) is 0 Å². The molecule has 4 heteroatoms. The fourth-order valence-corrected chi connectivity index (χ4v) is 2.59. The van der Waals surface area contributed by atoms with E-state index in [0.717, 1.165) is 21.2 Å². The van der Waals surface area contributed by atoms with E-state index >= 15 is 0 Å². The van der Waals surface area contributed by atoms with E-state index in [-0.39, 0.29) is 11.9 Å². The van der Waals surface area contributed by atoms with Crippen LogP contribution in [-0.4, -0.2) is 0 Å². The van der Waals surface area contributed by atoms with Gasteiger partial charge in [0, 0.05) is 4.47 Å². The molecule has 0 aliphatic heterocycles. The lowest BCUT2D eigenvalue weighted by Crippen LogP contribution is -2.30. The molecule has 100 valence electrons. The van der Waals surface area contributed by atoms with E-state index in [2.05, 4.69) is 21.4 Å². The minimum atomic E-state index is -0.224. The molecule has 2 rings (SSSR count). The van der Waals surface area contributed by atoms with Gasteiger partial charge < -0.3 is 0 Å². The lowest BCUT2D eigenvalue weighted by Gasteiger charge is -2.19. The summed E-state index contributed by atoms with van der Waals surface area (Å²) in [7, 11) is 0. The van der Waals surface area contributed by atoms with Gasteiger partial charge in [-0.05, 0) is 42.2 Å². The highest BCUT2D eigenvalue weighted by atomic mass is 79.9. The van der Waals surface area contributed by atoms with Crippen LogP contribution < -0.4 is 11.3 Å². The third-order valence-corrected chi connectivity index (χ3v) is 4.23. The second-order valence-corrected chi connectivity index (χ2v) is 5.32. The Morgan fingerprint density at radius 1 is 1.21 bits per heavy atom. The Morgan fingerprint density at radius 2 is 1.89 bits per heavy atom. The van der Waals surface area contributed by atoms with Gasteiger partial charge in [-0.2, -0.15) is 0 Å². The number of rotatable bonds is 4. The third kappa shape index (κ3) is 3.41. The molecule has 19 heavy (non-hydrogen) atoms. The predicted molar refractivity (Wildman–Crippen MR) is 79.0 cm³/mol. The summed E-state index contributed by atoms with van der Waals surface area (Å²) < 4.78 is 14.0. The lowest BCUT2D eigenvalue weighted by molar-refractivity contribution is 0.548. The van der Waals surface area contributed by atoms with Crippen LogP contribution in [-0.2, 0) is 6.42 Å². The van der Waals surface area contributed by atoms with Crippen LogP contribution >= 0.6 is 15.9 Å². The predicted octanol–water partition coefficient (Wildman–Crippen LogP) is 3.64. The number of nitrogens with two attached hydrogens (primary N) is 1. The van der Waals surface area contributed by atoms with Gasteiger partial charge in [-0.15, -0.1) is 0 Å². The molecule has 0 aliphatic rings. The number of benzene rings is 2. The maximum Gasteiger partial charge on any atom is 0.123 e. The van der Waals surface area contributed by atoms with Crippen molar-refractivity contribution in [3.8, 4) is 0 Å². The highest BCUT2D eigenvalue weighted by Crippen LogP contribution is 2.28. The second kappa shape index (κ2) is 6.28. The summed E-state index contributed by atoms with van der Waals surface area (Å²) in [6.45, 7) is 2.04. The lowest BCUT2D eigenvalue weighted by atomic mass is 9.98. The number of hydrazine groups is 1. The van der Waals surface area contributed by atoms with Crippen molar-refractivity contribution in [2.75, 3.05) is 0 Å². The quantitative estimate of drug-likeness (QED) is 0.666. The Balaban J connectivity index is 2.25. The SMILES string of the molecule is Cc1cccc(C(Cc2ccc(F)cc2)NN)c1Br. The van der Waals surface area contributed by atoms with Crippen LogP contribution in [0.4, 0.5) is 4.39 Å². The van der Waals surface area contributed by atoms with Crippen LogP contribution in [0.25, 0.3) is 0 Å². The molecule has 0 amide bonds. The van der Waals surface area contributed by atoms with E-state index < -0.39 is 0 Å². The van der Waals surface area contributed by atoms with Crippen LogP contribution in [0.2, 0.25) is 0 Å². The van der Waals surface area contributed by atoms with Crippen molar-refractivity contribution in [1.82, 2.24) is 5.43 Å². The summed E-state index contributed by atoms with van der Waals surface area (Å²) >= 11 is 3.59. The fourth-order valence-electron chi connectivity index (χ4n) is 2.05. The summed E-state index contributed by atoms with van der Waals surface area (Å²) in [4.78, 5) is 0. The first-order chi connectivity index (χ1) is 9.11. The zero-order valence-corrected chi connectivity index (χ0v) is 12.2. The first kappa shape index (κ1) is 14.2. The van der Waals surface area contributed by atoms with Crippen molar-refractivity contribution in [1.29, 1.82) is 0 Å². The van der Waals surface area contributed by atoms with Crippen molar-refractivity contribution in [3.05, 3.63) is 69.4 Å². The van der Waals surface area contributed by atoms with Crippen LogP contribution in [0.1, 0.15) is 22.7 Å². The largest absolute Gasteiger partial charge is 0.271 e. The number of aryl methyl sites for hydroxylation is 1. The maximum absolute atomic E-state index is 12.9. The minimum Gasteiger partial charge on any atom is -0.271 e. The molecule has 1 unspecified atom stereocenters. The molecule has 0 aliphatic carbocycles. The molecule has 0 spiro atoms. The van der Waals surface area contributed by atoms with Gasteiger partial charge in [0.1, 0.15) is 5.82 Å². The fraction of sp³-hybridized carbons (Fsp3) is 0.200. The molecule has 3 N–H and O–H groups in total. The molecule has 2 nitrogen and oxygen atoms in total. The van der Waals surface area contributed by atoms with Crippen LogP contribution in [0.15, 0.2) is 46.9 Å². The Labute approximate surface area is 120 Å². The van der Waals surface area contributed by atoms with E-state index in [1.165, 1.54) is 12.1 Å². The van der Waals surface area contributed by atoms with Gasteiger partial charge in [0.2, 0.25) is 0 Å². The highest BCUT2D eigenvalue weighted by molar-refractivity contribution is 9.10. The highest BCUT2D eigenvalue weighted by Gasteiger charge is 2.14. The topological polar surface area (TPSA) is 38.0 Å². The average molecular weight is 323 g/mol. The molecule has 0 saturated carbocycles. The molecule has 0 aromatic heterocycles. The maximum atomic E-state index is 12.9. The van der Waals surface area contributed by atoms with Gasteiger partial charge in [0.05, 0.1) is 6.04 Å². The molecule has 0 saturated heterocycles.